The molecular formula is C22H24N2O4. The number of nitrogens with one attached hydrogen (secondary N) is 1. The molecule has 6 heteroatoms. The number of para-hydroxylation sites is 1. The van der Waals surface area contributed by atoms with Gasteiger partial charge in [0.25, 0.3) is 5.91 Å². The molecule has 6 nitrogen and oxygen atoms in total. The number of rotatable bonds is 6. The van der Waals surface area contributed by atoms with Gasteiger partial charge in [-0.3, -0.25) is 14.4 Å². The standard InChI is InChI=1S/C22H24N2O4/c1-15-8-6-7-11-19(15)24-13-18(12-21(24)26)22(27)28-14-20(25)23-16(2)17-9-4-3-5-10-17/h3-11,16,18H,12-14H2,1-2H3,(H,23,25)/t16-,18-/m0/s1. The molecule has 1 aliphatic heterocycles. The van der Waals surface area contributed by atoms with Crippen LogP contribution in [0.25, 0.3) is 0 Å². The molecule has 28 heavy (non-hydrogen) atoms. The Kier molecular flexibility index (Phi) is 6.09. The number of aryl methyl sites for hydroxylation is 1. The van der Waals surface area contributed by atoms with E-state index in [0.717, 1.165) is 16.8 Å². The average Bonchev–Trinajstić information content (AvgIpc) is 3.08. The lowest BCUT2D eigenvalue weighted by molar-refractivity contribution is -0.152. The fourth-order valence-electron chi connectivity index (χ4n) is 3.33. The topological polar surface area (TPSA) is 75.7 Å². The molecule has 0 radical (unpaired) electrons. The Hall–Kier alpha value is -3.15. The average molecular weight is 380 g/mol. The van der Waals surface area contributed by atoms with Gasteiger partial charge < -0.3 is 15.0 Å². The van der Waals surface area contributed by atoms with E-state index in [1.165, 1.54) is 0 Å². The maximum atomic E-state index is 12.3. The zero-order chi connectivity index (χ0) is 20.1. The van der Waals surface area contributed by atoms with Crippen molar-refractivity contribution in [1.82, 2.24) is 5.32 Å². The SMILES string of the molecule is Cc1ccccc1N1C[C@@H](C(=O)OCC(=O)N[C@@H](C)c2ccccc2)CC1=O. The molecule has 3 rings (SSSR count). The van der Waals surface area contributed by atoms with Crippen molar-refractivity contribution < 1.29 is 19.1 Å². The monoisotopic (exact) mass is 380 g/mol. The Morgan fingerprint density at radius 2 is 1.82 bits per heavy atom. The van der Waals surface area contributed by atoms with Crippen LogP contribution in [0.15, 0.2) is 54.6 Å². The summed E-state index contributed by atoms with van der Waals surface area (Å²) in [5.74, 6) is -1.57. The maximum absolute atomic E-state index is 12.3. The Morgan fingerprint density at radius 3 is 2.54 bits per heavy atom. The fraction of sp³-hybridized carbons (Fsp3) is 0.318. The van der Waals surface area contributed by atoms with Gasteiger partial charge in [-0.1, -0.05) is 48.5 Å². The Balaban J connectivity index is 1.51. The van der Waals surface area contributed by atoms with E-state index >= 15 is 0 Å². The van der Waals surface area contributed by atoms with Crippen LogP contribution in [-0.2, 0) is 19.1 Å². The zero-order valence-corrected chi connectivity index (χ0v) is 16.1. The first-order chi connectivity index (χ1) is 13.5. The lowest BCUT2D eigenvalue weighted by Gasteiger charge is -2.19. The molecule has 2 aromatic carbocycles. The molecule has 1 saturated heterocycles. The van der Waals surface area contributed by atoms with Gasteiger partial charge in [0, 0.05) is 18.7 Å². The molecule has 1 heterocycles. The highest BCUT2D eigenvalue weighted by Crippen LogP contribution is 2.28. The summed E-state index contributed by atoms with van der Waals surface area (Å²) in [6.45, 7) is 3.70. The molecule has 0 saturated carbocycles. The quantitative estimate of drug-likeness (QED) is 0.782. The van der Waals surface area contributed by atoms with E-state index in [9.17, 15) is 14.4 Å². The van der Waals surface area contributed by atoms with Gasteiger partial charge >= 0.3 is 5.97 Å². The summed E-state index contributed by atoms with van der Waals surface area (Å²) >= 11 is 0. The van der Waals surface area contributed by atoms with Crippen molar-refractivity contribution in [2.24, 2.45) is 5.92 Å². The summed E-state index contributed by atoms with van der Waals surface area (Å²) in [6.07, 6.45) is 0.0925. The van der Waals surface area contributed by atoms with Crippen molar-refractivity contribution in [2.45, 2.75) is 26.3 Å². The number of hydrogen-bond acceptors (Lipinski definition) is 4. The highest BCUT2D eigenvalue weighted by molar-refractivity contribution is 6.00. The molecular weight excluding hydrogens is 356 g/mol. The van der Waals surface area contributed by atoms with Gasteiger partial charge in [-0.2, -0.15) is 0 Å². The van der Waals surface area contributed by atoms with E-state index in [1.807, 2.05) is 68.4 Å². The molecule has 146 valence electrons. The van der Waals surface area contributed by atoms with Gasteiger partial charge in [-0.25, -0.2) is 0 Å². The highest BCUT2D eigenvalue weighted by Gasteiger charge is 2.36. The number of carbonyl (C=O) groups excluding carboxylic acids is 3. The van der Waals surface area contributed by atoms with Gasteiger partial charge in [0.05, 0.1) is 12.0 Å². The van der Waals surface area contributed by atoms with Gasteiger partial charge in [0.1, 0.15) is 0 Å². The van der Waals surface area contributed by atoms with Crippen molar-refractivity contribution in [2.75, 3.05) is 18.1 Å². The smallest absolute Gasteiger partial charge is 0.311 e. The lowest BCUT2D eigenvalue weighted by atomic mass is 10.1. The number of carbonyl (C=O) groups is 3. The van der Waals surface area contributed by atoms with Gasteiger partial charge in [-0.15, -0.1) is 0 Å². The highest BCUT2D eigenvalue weighted by atomic mass is 16.5. The molecule has 0 spiro atoms. The zero-order valence-electron chi connectivity index (χ0n) is 16.1. The summed E-state index contributed by atoms with van der Waals surface area (Å²) in [7, 11) is 0. The molecule has 0 unspecified atom stereocenters. The van der Waals surface area contributed by atoms with Crippen molar-refractivity contribution in [1.29, 1.82) is 0 Å². The second-order valence-corrected chi connectivity index (χ2v) is 7.00. The van der Waals surface area contributed by atoms with Gasteiger partial charge in [0.2, 0.25) is 5.91 Å². The fourth-order valence-corrected chi connectivity index (χ4v) is 3.33. The van der Waals surface area contributed by atoms with E-state index in [4.69, 9.17) is 4.74 Å². The molecule has 2 amide bonds. The Morgan fingerprint density at radius 1 is 1.14 bits per heavy atom. The number of esters is 1. The molecule has 1 fully saturated rings. The van der Waals surface area contributed by atoms with Crippen LogP contribution in [0.4, 0.5) is 5.69 Å². The van der Waals surface area contributed by atoms with Crippen LogP contribution in [0.5, 0.6) is 0 Å². The number of amides is 2. The minimum atomic E-state index is -0.563. The van der Waals surface area contributed by atoms with Crippen LogP contribution in [0.1, 0.15) is 30.5 Å². The van der Waals surface area contributed by atoms with E-state index in [-0.39, 0.29) is 37.4 Å². The van der Waals surface area contributed by atoms with Crippen LogP contribution < -0.4 is 10.2 Å². The Labute approximate surface area is 164 Å². The second kappa shape index (κ2) is 8.69. The first kappa shape index (κ1) is 19.6. The van der Waals surface area contributed by atoms with Crippen LogP contribution in [-0.4, -0.2) is 30.9 Å². The maximum Gasteiger partial charge on any atom is 0.311 e. The summed E-state index contributed by atoms with van der Waals surface area (Å²) in [5.41, 5.74) is 2.74. The molecule has 2 atom stereocenters. The summed E-state index contributed by atoms with van der Waals surface area (Å²) < 4.78 is 5.16. The van der Waals surface area contributed by atoms with Gasteiger partial charge in [0.15, 0.2) is 6.61 Å². The van der Waals surface area contributed by atoms with E-state index in [2.05, 4.69) is 5.32 Å². The normalized spacial score (nSPS) is 17.3. The third-order valence-corrected chi connectivity index (χ3v) is 4.89. The lowest BCUT2D eigenvalue weighted by Crippen LogP contribution is -2.33. The second-order valence-electron chi connectivity index (χ2n) is 7.00. The van der Waals surface area contributed by atoms with Crippen LogP contribution in [0.2, 0.25) is 0 Å². The number of nitrogens with zero attached hydrogens (tertiary/aromatic N) is 1. The first-order valence-electron chi connectivity index (χ1n) is 9.32. The number of anilines is 1. The molecule has 0 bridgehead atoms. The Bertz CT molecular complexity index is 866. The minimum absolute atomic E-state index is 0.0925. The minimum Gasteiger partial charge on any atom is -0.455 e. The molecule has 0 aliphatic carbocycles. The predicted octanol–water partition coefficient (Wildman–Crippen LogP) is 2.77. The van der Waals surface area contributed by atoms with E-state index < -0.39 is 11.9 Å². The van der Waals surface area contributed by atoms with Crippen molar-refractivity contribution >= 4 is 23.5 Å². The van der Waals surface area contributed by atoms with Crippen LogP contribution in [0, 0.1) is 12.8 Å². The number of hydrogen-bond donors (Lipinski definition) is 1. The van der Waals surface area contributed by atoms with E-state index in [0.29, 0.717) is 0 Å². The van der Waals surface area contributed by atoms with Crippen molar-refractivity contribution in [3.63, 3.8) is 0 Å². The predicted molar refractivity (Wildman–Crippen MR) is 106 cm³/mol. The largest absolute Gasteiger partial charge is 0.455 e. The van der Waals surface area contributed by atoms with E-state index in [1.54, 1.807) is 4.90 Å². The first-order valence-corrected chi connectivity index (χ1v) is 9.32. The number of ether oxygens (including phenoxy) is 1. The summed E-state index contributed by atoms with van der Waals surface area (Å²) in [4.78, 5) is 38.3. The van der Waals surface area contributed by atoms with Crippen LogP contribution in [0.3, 0.4) is 0 Å². The van der Waals surface area contributed by atoms with Crippen molar-refractivity contribution in [3.05, 3.63) is 65.7 Å². The van der Waals surface area contributed by atoms with Crippen LogP contribution >= 0.6 is 0 Å². The van der Waals surface area contributed by atoms with Gasteiger partial charge in [-0.05, 0) is 31.0 Å². The molecule has 1 aliphatic rings. The summed E-state index contributed by atoms with van der Waals surface area (Å²) in [6, 6.07) is 16.9. The third kappa shape index (κ3) is 4.57. The van der Waals surface area contributed by atoms with Crippen molar-refractivity contribution in [3.8, 4) is 0 Å². The number of benzene rings is 2. The molecule has 0 aromatic heterocycles. The molecule has 2 aromatic rings. The third-order valence-electron chi connectivity index (χ3n) is 4.89. The summed E-state index contributed by atoms with van der Waals surface area (Å²) in [5, 5.41) is 2.80. The molecule has 1 N–H and O–H groups in total.